The molecule has 0 fully saturated rings. The lowest BCUT2D eigenvalue weighted by Crippen LogP contribution is -2.28. The van der Waals surface area contributed by atoms with Gasteiger partial charge in [0.05, 0.1) is 34.1 Å². The number of aryl methyl sites for hydroxylation is 1. The number of aromatic nitrogens is 1. The van der Waals surface area contributed by atoms with Gasteiger partial charge in [-0.15, -0.1) is 0 Å². The number of nitriles is 2. The summed E-state index contributed by atoms with van der Waals surface area (Å²) in [6, 6.07) is 70.3. The number of rotatable bonds is 5. The Morgan fingerprint density at radius 2 is 0.807 bits per heavy atom. The van der Waals surface area contributed by atoms with Crippen molar-refractivity contribution in [2.24, 2.45) is 0 Å². The molecule has 0 radical (unpaired) electrons. The molecule has 1 aromatic heterocycles. The molecule has 2 unspecified atom stereocenters. The van der Waals surface area contributed by atoms with Crippen molar-refractivity contribution in [3.8, 4) is 34.4 Å². The van der Waals surface area contributed by atoms with Crippen LogP contribution in [0.15, 0.2) is 182 Å². The van der Waals surface area contributed by atoms with Gasteiger partial charge in [0.15, 0.2) is 0 Å². The molecule has 57 heavy (non-hydrogen) atoms. The summed E-state index contributed by atoms with van der Waals surface area (Å²) in [5.41, 5.74) is 16.4. The van der Waals surface area contributed by atoms with Gasteiger partial charge in [0, 0.05) is 28.4 Å². The molecule has 0 N–H and O–H groups in total. The van der Waals surface area contributed by atoms with Gasteiger partial charge in [0.25, 0.3) is 0 Å². The molecular weight excluding hydrogens is 691 g/mol. The van der Waals surface area contributed by atoms with Gasteiger partial charge in [-0.2, -0.15) is 10.5 Å². The van der Waals surface area contributed by atoms with Crippen LogP contribution in [0.2, 0.25) is 0 Å². The molecule has 3 nitrogen and oxygen atoms in total. The Morgan fingerprint density at radius 3 is 1.23 bits per heavy atom. The second-order valence-corrected chi connectivity index (χ2v) is 15.3. The third kappa shape index (κ3) is 4.29. The van der Waals surface area contributed by atoms with Crippen molar-refractivity contribution in [3.63, 3.8) is 0 Å². The molecule has 1 heterocycles. The SMILES string of the molecule is CCn1c2ccc(C3(c4ccccc4)c4ccccc4-c4ccc(C#N)cc43)cc2c2cc(C3(c4ccccc4)c4ccccc4-c4ccc(C#N)cc43)ccc21. The van der Waals surface area contributed by atoms with Crippen molar-refractivity contribution in [2.75, 3.05) is 0 Å². The van der Waals surface area contributed by atoms with Crippen LogP contribution < -0.4 is 0 Å². The summed E-state index contributed by atoms with van der Waals surface area (Å²) >= 11 is 0. The highest BCUT2D eigenvalue weighted by molar-refractivity contribution is 6.09. The van der Waals surface area contributed by atoms with E-state index in [-0.39, 0.29) is 0 Å². The normalized spacial score (nSPS) is 17.4. The van der Waals surface area contributed by atoms with Crippen LogP contribution in [0.5, 0.6) is 0 Å². The van der Waals surface area contributed by atoms with E-state index in [1.165, 1.54) is 55.2 Å². The van der Waals surface area contributed by atoms with Gasteiger partial charge in [0.1, 0.15) is 0 Å². The minimum Gasteiger partial charge on any atom is -0.341 e. The highest BCUT2D eigenvalue weighted by Gasteiger charge is 2.48. The molecule has 0 saturated carbocycles. The van der Waals surface area contributed by atoms with Crippen LogP contribution in [-0.2, 0) is 17.4 Å². The average molecular weight is 726 g/mol. The Labute approximate surface area is 332 Å². The number of fused-ring (bicyclic) bond motifs is 9. The predicted octanol–water partition coefficient (Wildman–Crippen LogP) is 12.3. The smallest absolute Gasteiger partial charge is 0.0991 e. The molecule has 2 aliphatic rings. The second-order valence-electron chi connectivity index (χ2n) is 15.3. The average Bonchev–Trinajstić information content (AvgIpc) is 3.88. The Balaban J connectivity index is 1.25. The Bertz CT molecular complexity index is 2980. The lowest BCUT2D eigenvalue weighted by atomic mass is 9.67. The molecule has 9 aromatic rings. The van der Waals surface area contributed by atoms with Crippen molar-refractivity contribution >= 4 is 21.8 Å². The lowest BCUT2D eigenvalue weighted by Gasteiger charge is -2.34. The summed E-state index contributed by atoms with van der Waals surface area (Å²) in [5, 5.41) is 22.7. The summed E-state index contributed by atoms with van der Waals surface area (Å²) in [6.07, 6.45) is 0. The number of hydrogen-bond donors (Lipinski definition) is 0. The molecule has 3 heteroatoms. The standard InChI is InChI=1S/C54H35N3/c1-2-57-51-27-23-39(53(37-13-5-3-6-14-37)47-19-11-9-17-41(47)43-25-21-35(33-55)29-49(43)53)31-45(51)46-32-40(24-28-52(46)57)54(38-15-7-4-8-16-38)48-20-12-10-18-42(48)44-26-22-36(34-56)30-50(44)54/h3-32H,2H2,1H3. The van der Waals surface area contributed by atoms with Crippen molar-refractivity contribution in [2.45, 2.75) is 24.3 Å². The molecule has 266 valence electrons. The van der Waals surface area contributed by atoms with Gasteiger partial charge in [-0.25, -0.2) is 0 Å². The van der Waals surface area contributed by atoms with E-state index in [0.29, 0.717) is 11.1 Å². The summed E-state index contributed by atoms with van der Waals surface area (Å²) in [5.74, 6) is 0. The summed E-state index contributed by atoms with van der Waals surface area (Å²) in [7, 11) is 0. The van der Waals surface area contributed by atoms with E-state index >= 15 is 0 Å². The van der Waals surface area contributed by atoms with E-state index in [1.54, 1.807) is 0 Å². The van der Waals surface area contributed by atoms with Crippen LogP contribution in [0.3, 0.4) is 0 Å². The molecule has 8 aromatic carbocycles. The first-order valence-corrected chi connectivity index (χ1v) is 19.6. The fourth-order valence-electron chi connectivity index (χ4n) is 10.6. The van der Waals surface area contributed by atoms with Crippen LogP contribution in [0, 0.1) is 22.7 Å². The van der Waals surface area contributed by atoms with Crippen LogP contribution in [0.25, 0.3) is 44.1 Å². The molecule has 0 saturated heterocycles. The Hall–Kier alpha value is -7.46. The van der Waals surface area contributed by atoms with E-state index in [0.717, 1.165) is 39.9 Å². The zero-order valence-corrected chi connectivity index (χ0v) is 31.4. The largest absolute Gasteiger partial charge is 0.341 e. The molecule has 0 bridgehead atoms. The van der Waals surface area contributed by atoms with Gasteiger partial charge >= 0.3 is 0 Å². The lowest BCUT2D eigenvalue weighted by molar-refractivity contribution is 0.768. The van der Waals surface area contributed by atoms with Crippen molar-refractivity contribution < 1.29 is 0 Å². The highest BCUT2D eigenvalue weighted by Crippen LogP contribution is 2.58. The van der Waals surface area contributed by atoms with Crippen molar-refractivity contribution in [1.82, 2.24) is 4.57 Å². The molecule has 11 rings (SSSR count). The molecule has 0 amide bonds. The first kappa shape index (κ1) is 32.9. The Morgan fingerprint density at radius 1 is 0.404 bits per heavy atom. The zero-order valence-electron chi connectivity index (χ0n) is 31.4. The third-order valence-electron chi connectivity index (χ3n) is 12.8. The van der Waals surface area contributed by atoms with E-state index in [4.69, 9.17) is 0 Å². The van der Waals surface area contributed by atoms with Crippen LogP contribution in [0.4, 0.5) is 0 Å². The van der Waals surface area contributed by atoms with Gasteiger partial charge in [-0.3, -0.25) is 0 Å². The predicted molar refractivity (Wildman–Crippen MR) is 229 cm³/mol. The van der Waals surface area contributed by atoms with Gasteiger partial charge in [-0.1, -0.05) is 133 Å². The summed E-state index contributed by atoms with van der Waals surface area (Å²) in [4.78, 5) is 0. The van der Waals surface area contributed by atoms with E-state index in [1.807, 2.05) is 12.1 Å². The quantitative estimate of drug-likeness (QED) is 0.177. The number of nitrogens with zero attached hydrogens (tertiary/aromatic N) is 3. The minimum atomic E-state index is -0.644. The maximum atomic E-state index is 10.2. The molecule has 2 atom stereocenters. The topological polar surface area (TPSA) is 52.5 Å². The first-order chi connectivity index (χ1) is 28.1. The van der Waals surface area contributed by atoms with Gasteiger partial charge < -0.3 is 4.57 Å². The van der Waals surface area contributed by atoms with E-state index < -0.39 is 10.8 Å². The van der Waals surface area contributed by atoms with Crippen LogP contribution in [0.1, 0.15) is 62.6 Å². The highest BCUT2D eigenvalue weighted by atomic mass is 15.0. The van der Waals surface area contributed by atoms with Crippen molar-refractivity contribution in [3.05, 3.63) is 238 Å². The molecule has 2 aliphatic carbocycles. The maximum absolute atomic E-state index is 10.2. The van der Waals surface area contributed by atoms with Gasteiger partial charge in [-0.05, 0) is 122 Å². The second kappa shape index (κ2) is 12.3. The maximum Gasteiger partial charge on any atom is 0.0991 e. The fourth-order valence-corrected chi connectivity index (χ4v) is 10.6. The molecule has 0 spiro atoms. The van der Waals surface area contributed by atoms with Crippen molar-refractivity contribution in [1.29, 1.82) is 10.5 Å². The monoisotopic (exact) mass is 725 g/mol. The zero-order chi connectivity index (χ0) is 38.3. The van der Waals surface area contributed by atoms with E-state index in [9.17, 15) is 10.5 Å². The third-order valence-corrected chi connectivity index (χ3v) is 12.8. The summed E-state index contributed by atoms with van der Waals surface area (Å²) in [6.45, 7) is 3.04. The summed E-state index contributed by atoms with van der Waals surface area (Å²) < 4.78 is 2.43. The van der Waals surface area contributed by atoms with Crippen LogP contribution >= 0.6 is 0 Å². The first-order valence-electron chi connectivity index (χ1n) is 19.6. The molecule has 0 aliphatic heterocycles. The number of hydrogen-bond acceptors (Lipinski definition) is 2. The molecular formula is C54H35N3. The van der Waals surface area contributed by atoms with E-state index in [2.05, 4.69) is 193 Å². The fraction of sp³-hybridized carbons (Fsp3) is 0.0741. The number of benzene rings is 8. The Kier molecular flexibility index (Phi) is 7.09. The van der Waals surface area contributed by atoms with Gasteiger partial charge in [0.2, 0.25) is 0 Å². The van der Waals surface area contributed by atoms with Crippen LogP contribution in [-0.4, -0.2) is 4.57 Å². The minimum absolute atomic E-state index is 0.644.